The quantitative estimate of drug-likeness (QED) is 0.596. The fraction of sp³-hybridized carbons (Fsp3) is 0.348. The normalized spacial score (nSPS) is 22.4. The Kier molecular flexibility index (Phi) is 5.24. The number of oxazole rings is 1. The van der Waals surface area contributed by atoms with Gasteiger partial charge in [-0.1, -0.05) is 6.07 Å². The first kappa shape index (κ1) is 22.0. The van der Waals surface area contributed by atoms with Crippen molar-refractivity contribution >= 4 is 10.0 Å². The Labute approximate surface area is 188 Å². The average molecular weight is 478 g/mol. The van der Waals surface area contributed by atoms with Gasteiger partial charge in [0.1, 0.15) is 24.4 Å². The Morgan fingerprint density at radius 1 is 1.15 bits per heavy atom. The largest absolute Gasteiger partial charge is 0.483 e. The van der Waals surface area contributed by atoms with Crippen LogP contribution in [0.2, 0.25) is 0 Å². The number of hydrogen-bond acceptors (Lipinski definition) is 5. The van der Waals surface area contributed by atoms with E-state index in [4.69, 9.17) is 9.15 Å². The van der Waals surface area contributed by atoms with E-state index in [1.807, 2.05) is 0 Å². The molecule has 174 valence electrons. The number of halogens is 3. The molecule has 3 aromatic rings. The summed E-state index contributed by atoms with van der Waals surface area (Å²) in [6, 6.07) is 6.39. The lowest BCUT2D eigenvalue weighted by Crippen LogP contribution is -2.35. The van der Waals surface area contributed by atoms with Gasteiger partial charge in [-0.15, -0.1) is 0 Å². The maximum Gasteiger partial charge on any atom is 0.208 e. The van der Waals surface area contributed by atoms with E-state index >= 15 is 0 Å². The highest BCUT2D eigenvalue weighted by Gasteiger charge is 2.45. The van der Waals surface area contributed by atoms with E-state index in [-0.39, 0.29) is 30.4 Å². The molecule has 0 unspecified atom stereocenters. The highest BCUT2D eigenvalue weighted by Crippen LogP contribution is 2.45. The fourth-order valence-corrected chi connectivity index (χ4v) is 5.67. The molecule has 1 fully saturated rings. The lowest BCUT2D eigenvalue weighted by atomic mass is 9.79. The lowest BCUT2D eigenvalue weighted by molar-refractivity contribution is 0.281. The topological polar surface area (TPSA) is 81.4 Å². The van der Waals surface area contributed by atoms with Gasteiger partial charge in [0.2, 0.25) is 21.7 Å². The minimum atomic E-state index is -3.42. The highest BCUT2D eigenvalue weighted by atomic mass is 32.2. The molecule has 33 heavy (non-hydrogen) atoms. The summed E-state index contributed by atoms with van der Waals surface area (Å²) in [7, 11) is -3.42. The molecule has 1 saturated carbocycles. The van der Waals surface area contributed by atoms with Crippen molar-refractivity contribution in [2.24, 2.45) is 0 Å². The van der Waals surface area contributed by atoms with Crippen molar-refractivity contribution in [3.8, 4) is 16.9 Å². The molecule has 6 nitrogen and oxygen atoms in total. The molecular weight excluding hydrogens is 457 g/mol. The maximum atomic E-state index is 14.9. The lowest BCUT2D eigenvalue weighted by Gasteiger charge is -2.27. The summed E-state index contributed by atoms with van der Waals surface area (Å²) in [5, 5.41) is 0. The summed E-state index contributed by atoms with van der Waals surface area (Å²) in [4.78, 5) is 4.50. The molecule has 1 aromatic heterocycles. The molecule has 2 aliphatic rings. The predicted molar refractivity (Wildman–Crippen MR) is 114 cm³/mol. The molecule has 0 amide bonds. The summed E-state index contributed by atoms with van der Waals surface area (Å²) >= 11 is 0. The van der Waals surface area contributed by atoms with Crippen molar-refractivity contribution in [3.63, 3.8) is 0 Å². The van der Waals surface area contributed by atoms with Gasteiger partial charge in [-0.3, -0.25) is 0 Å². The van der Waals surface area contributed by atoms with Crippen LogP contribution in [0.1, 0.15) is 36.4 Å². The molecule has 2 atom stereocenters. The van der Waals surface area contributed by atoms with Crippen LogP contribution in [0.4, 0.5) is 13.2 Å². The number of benzene rings is 2. The van der Waals surface area contributed by atoms with E-state index in [1.54, 1.807) is 6.07 Å². The third-order valence-corrected chi connectivity index (χ3v) is 7.06. The van der Waals surface area contributed by atoms with Crippen LogP contribution in [0.25, 0.3) is 11.1 Å². The minimum absolute atomic E-state index is 0.161. The van der Waals surface area contributed by atoms with E-state index < -0.39 is 32.9 Å². The first-order valence-corrected chi connectivity index (χ1v) is 12.3. The van der Waals surface area contributed by atoms with E-state index in [0.29, 0.717) is 42.0 Å². The SMILES string of the molecule is CS(=O)(=O)N[C@H]1CC[C@@]2(Cc3cc(ccc3F)-c3ccc(F)c(F)c3OCc3coc2n3)C1. The number of sulfonamides is 1. The van der Waals surface area contributed by atoms with Crippen molar-refractivity contribution < 1.29 is 30.7 Å². The highest BCUT2D eigenvalue weighted by molar-refractivity contribution is 7.88. The Bertz CT molecular complexity index is 1340. The summed E-state index contributed by atoms with van der Waals surface area (Å²) in [6.07, 6.45) is 4.11. The Balaban J connectivity index is 1.64. The second-order valence-corrected chi connectivity index (χ2v) is 10.5. The van der Waals surface area contributed by atoms with Crippen molar-refractivity contribution in [3.05, 3.63) is 71.2 Å². The monoisotopic (exact) mass is 478 g/mol. The Hall–Kier alpha value is -2.85. The van der Waals surface area contributed by atoms with Gasteiger partial charge >= 0.3 is 0 Å². The van der Waals surface area contributed by atoms with Gasteiger partial charge < -0.3 is 9.15 Å². The summed E-state index contributed by atoms with van der Waals surface area (Å²) in [6.45, 7) is -0.161. The van der Waals surface area contributed by atoms with Crippen LogP contribution in [-0.4, -0.2) is 25.7 Å². The Morgan fingerprint density at radius 2 is 1.94 bits per heavy atom. The van der Waals surface area contributed by atoms with Crippen molar-refractivity contribution in [1.82, 2.24) is 9.71 Å². The van der Waals surface area contributed by atoms with Crippen LogP contribution in [0.5, 0.6) is 5.75 Å². The maximum absolute atomic E-state index is 14.9. The number of hydrogen-bond donors (Lipinski definition) is 1. The molecule has 4 bridgehead atoms. The zero-order chi connectivity index (χ0) is 23.4. The molecule has 0 saturated heterocycles. The number of nitrogens with zero attached hydrogens (tertiary/aromatic N) is 1. The van der Waals surface area contributed by atoms with Gasteiger partial charge in [0.25, 0.3) is 0 Å². The van der Waals surface area contributed by atoms with Crippen LogP contribution in [0, 0.1) is 17.5 Å². The molecule has 1 aliphatic heterocycles. The van der Waals surface area contributed by atoms with Gasteiger partial charge in [0, 0.05) is 11.6 Å². The van der Waals surface area contributed by atoms with Crippen LogP contribution in [0.15, 0.2) is 41.0 Å². The average Bonchev–Trinajstić information content (AvgIpc) is 3.37. The first-order valence-electron chi connectivity index (χ1n) is 10.5. The van der Waals surface area contributed by atoms with Crippen LogP contribution in [-0.2, 0) is 28.5 Å². The predicted octanol–water partition coefficient (Wildman–Crippen LogP) is 4.23. The van der Waals surface area contributed by atoms with Crippen LogP contribution >= 0.6 is 0 Å². The molecule has 1 N–H and O–H groups in total. The molecule has 2 aromatic carbocycles. The van der Waals surface area contributed by atoms with E-state index in [9.17, 15) is 21.6 Å². The zero-order valence-corrected chi connectivity index (χ0v) is 18.5. The van der Waals surface area contributed by atoms with Gasteiger partial charge in [-0.2, -0.15) is 4.39 Å². The number of nitrogens with one attached hydrogen (secondary N) is 1. The molecule has 1 aliphatic carbocycles. The van der Waals surface area contributed by atoms with Gasteiger partial charge in [-0.05, 0) is 61.1 Å². The zero-order valence-electron chi connectivity index (χ0n) is 17.7. The third kappa shape index (κ3) is 4.13. The third-order valence-electron chi connectivity index (χ3n) is 6.29. The number of rotatable bonds is 2. The Morgan fingerprint density at radius 3 is 2.73 bits per heavy atom. The molecule has 0 radical (unpaired) electrons. The number of aromatic nitrogens is 1. The standard InChI is InChI=1S/C23H21F3N2O4S/c1-33(29,30)28-15-6-7-23(10-15)9-14-8-13(2-4-18(14)24)17-3-5-19(25)20(26)21(17)31-11-16-12-32-22(23)27-16/h2-5,8,12,15,28H,6-7,9-11H2,1H3/t15-,23+/m0/s1. The van der Waals surface area contributed by atoms with Gasteiger partial charge in [0.15, 0.2) is 11.6 Å². The number of ether oxygens (including phenoxy) is 1. The van der Waals surface area contributed by atoms with Gasteiger partial charge in [0.05, 0.1) is 11.7 Å². The molecule has 5 rings (SSSR count). The fourth-order valence-electron chi connectivity index (χ4n) is 4.87. The summed E-state index contributed by atoms with van der Waals surface area (Å²) in [5.41, 5.74) is 0.725. The number of fused-ring (bicyclic) bond motifs is 7. The first-order chi connectivity index (χ1) is 15.6. The van der Waals surface area contributed by atoms with Crippen LogP contribution < -0.4 is 9.46 Å². The molecular formula is C23H21F3N2O4S. The summed E-state index contributed by atoms with van der Waals surface area (Å²) in [5.74, 6) is -2.61. The second-order valence-electron chi connectivity index (χ2n) is 8.76. The van der Waals surface area contributed by atoms with E-state index in [2.05, 4.69) is 9.71 Å². The van der Waals surface area contributed by atoms with Crippen molar-refractivity contribution in [2.45, 2.75) is 43.7 Å². The minimum Gasteiger partial charge on any atom is -0.483 e. The van der Waals surface area contributed by atoms with Crippen molar-refractivity contribution in [2.75, 3.05) is 6.26 Å². The molecule has 2 heterocycles. The van der Waals surface area contributed by atoms with E-state index in [0.717, 1.165) is 12.3 Å². The van der Waals surface area contributed by atoms with E-state index in [1.165, 1.54) is 24.5 Å². The van der Waals surface area contributed by atoms with Crippen LogP contribution in [0.3, 0.4) is 0 Å². The summed E-state index contributed by atoms with van der Waals surface area (Å²) < 4.78 is 81.0. The van der Waals surface area contributed by atoms with Gasteiger partial charge in [-0.25, -0.2) is 26.9 Å². The second kappa shape index (κ2) is 7.88. The smallest absolute Gasteiger partial charge is 0.208 e. The molecule has 10 heteroatoms. The van der Waals surface area contributed by atoms with Crippen molar-refractivity contribution in [1.29, 1.82) is 0 Å². The molecule has 1 spiro atoms.